The summed E-state index contributed by atoms with van der Waals surface area (Å²) in [5.41, 5.74) is 1.49. The molecule has 1 aromatic heterocycles. The van der Waals surface area contributed by atoms with Crippen molar-refractivity contribution in [3.05, 3.63) is 36.3 Å². The van der Waals surface area contributed by atoms with Gasteiger partial charge >= 0.3 is 0 Å². The lowest BCUT2D eigenvalue weighted by Gasteiger charge is -2.01. The van der Waals surface area contributed by atoms with Crippen LogP contribution in [-0.2, 0) is 6.54 Å². The quantitative estimate of drug-likeness (QED) is 0.743. The Morgan fingerprint density at radius 1 is 1.33 bits per heavy atom. The molecule has 0 N–H and O–H groups in total. The van der Waals surface area contributed by atoms with Gasteiger partial charge < -0.3 is 0 Å². The van der Waals surface area contributed by atoms with Gasteiger partial charge in [0.15, 0.2) is 0 Å². The minimum atomic E-state index is -0.293. The molecule has 0 unspecified atom stereocenters. The van der Waals surface area contributed by atoms with Crippen molar-refractivity contribution in [2.24, 2.45) is 0 Å². The van der Waals surface area contributed by atoms with Gasteiger partial charge in [-0.2, -0.15) is 5.26 Å². The fourth-order valence-corrected chi connectivity index (χ4v) is 1.29. The van der Waals surface area contributed by atoms with E-state index in [2.05, 4.69) is 10.3 Å². The molecular formula is C10H7FN4. The van der Waals surface area contributed by atoms with E-state index in [0.717, 1.165) is 5.56 Å². The molecule has 1 aromatic carbocycles. The predicted octanol–water partition coefficient (Wildman–Crippen LogP) is 1.61. The number of halogens is 1. The fraction of sp³-hybridized carbons (Fsp3) is 0.100. The summed E-state index contributed by atoms with van der Waals surface area (Å²) in [6, 6.07) is 7.95. The summed E-state index contributed by atoms with van der Waals surface area (Å²) in [5.74, 6) is -0.293. The second kappa shape index (κ2) is 3.88. The summed E-state index contributed by atoms with van der Waals surface area (Å²) in [4.78, 5) is 0. The molecule has 4 nitrogen and oxygen atoms in total. The monoisotopic (exact) mass is 202 g/mol. The SMILES string of the molecule is N#CCn1nncc1-c1ccc(F)cc1. The molecule has 0 radical (unpaired) electrons. The second-order valence-electron chi connectivity index (χ2n) is 2.94. The molecule has 5 heteroatoms. The number of benzene rings is 1. The highest BCUT2D eigenvalue weighted by molar-refractivity contribution is 5.58. The van der Waals surface area contributed by atoms with Crippen molar-refractivity contribution in [3.8, 4) is 17.3 Å². The molecule has 0 fully saturated rings. The molecule has 0 spiro atoms. The van der Waals surface area contributed by atoms with E-state index < -0.39 is 0 Å². The van der Waals surface area contributed by atoms with Crippen molar-refractivity contribution in [2.45, 2.75) is 6.54 Å². The van der Waals surface area contributed by atoms with Gasteiger partial charge in [-0.05, 0) is 24.3 Å². The van der Waals surface area contributed by atoms with Gasteiger partial charge in [0.1, 0.15) is 12.4 Å². The van der Waals surface area contributed by atoms with E-state index >= 15 is 0 Å². The standard InChI is InChI=1S/C10H7FN4/c11-9-3-1-8(2-4-9)10-7-13-14-15(10)6-5-12/h1-4,7H,6H2. The molecule has 0 aliphatic rings. The third-order valence-corrected chi connectivity index (χ3v) is 1.98. The Balaban J connectivity index is 2.41. The largest absolute Gasteiger partial charge is 0.231 e. The zero-order chi connectivity index (χ0) is 10.7. The van der Waals surface area contributed by atoms with Gasteiger partial charge in [-0.3, -0.25) is 0 Å². The Bertz CT molecular complexity index is 495. The van der Waals surface area contributed by atoms with Gasteiger partial charge in [0, 0.05) is 5.56 Å². The van der Waals surface area contributed by atoms with Crippen LogP contribution in [0.3, 0.4) is 0 Å². The summed E-state index contributed by atoms with van der Waals surface area (Å²) in [6.45, 7) is 0.132. The first-order chi connectivity index (χ1) is 7.31. The highest BCUT2D eigenvalue weighted by Gasteiger charge is 2.05. The third-order valence-electron chi connectivity index (χ3n) is 1.98. The minimum absolute atomic E-state index is 0.132. The predicted molar refractivity (Wildman–Crippen MR) is 51.0 cm³/mol. The Hall–Kier alpha value is -2.22. The van der Waals surface area contributed by atoms with E-state index in [-0.39, 0.29) is 12.4 Å². The van der Waals surface area contributed by atoms with E-state index in [1.165, 1.54) is 16.8 Å². The number of nitriles is 1. The molecule has 0 bridgehead atoms. The number of hydrogen-bond acceptors (Lipinski definition) is 3. The van der Waals surface area contributed by atoms with Gasteiger partial charge in [-0.15, -0.1) is 5.10 Å². The van der Waals surface area contributed by atoms with Crippen LogP contribution in [0, 0.1) is 17.1 Å². The number of hydrogen-bond donors (Lipinski definition) is 0. The van der Waals surface area contributed by atoms with E-state index in [1.54, 1.807) is 18.3 Å². The first-order valence-electron chi connectivity index (χ1n) is 4.32. The van der Waals surface area contributed by atoms with Gasteiger partial charge in [-0.1, -0.05) is 5.21 Å². The van der Waals surface area contributed by atoms with Crippen LogP contribution in [0.25, 0.3) is 11.3 Å². The first-order valence-corrected chi connectivity index (χ1v) is 4.32. The molecule has 2 rings (SSSR count). The van der Waals surface area contributed by atoms with Gasteiger partial charge in [-0.25, -0.2) is 9.07 Å². The van der Waals surface area contributed by atoms with Gasteiger partial charge in [0.2, 0.25) is 0 Å². The first kappa shape index (κ1) is 9.34. The summed E-state index contributed by atoms with van der Waals surface area (Å²) in [5, 5.41) is 16.0. The molecule has 2 aromatic rings. The Labute approximate surface area is 85.6 Å². The molecule has 0 saturated carbocycles. The average molecular weight is 202 g/mol. The van der Waals surface area contributed by atoms with E-state index in [4.69, 9.17) is 5.26 Å². The molecule has 15 heavy (non-hydrogen) atoms. The lowest BCUT2D eigenvalue weighted by molar-refractivity contribution is 0.627. The van der Waals surface area contributed by atoms with Crippen LogP contribution in [0.5, 0.6) is 0 Å². The van der Waals surface area contributed by atoms with E-state index in [1.807, 2.05) is 6.07 Å². The van der Waals surface area contributed by atoms with Crippen LogP contribution in [0.15, 0.2) is 30.5 Å². The highest BCUT2D eigenvalue weighted by atomic mass is 19.1. The van der Waals surface area contributed by atoms with Crippen LogP contribution in [-0.4, -0.2) is 15.0 Å². The lowest BCUT2D eigenvalue weighted by Crippen LogP contribution is -2.00. The smallest absolute Gasteiger partial charge is 0.130 e. The average Bonchev–Trinajstić information content (AvgIpc) is 2.68. The number of nitrogens with zero attached hydrogens (tertiary/aromatic N) is 4. The molecule has 0 aliphatic heterocycles. The number of aromatic nitrogens is 3. The second-order valence-corrected chi connectivity index (χ2v) is 2.94. The molecule has 0 saturated heterocycles. The van der Waals surface area contributed by atoms with E-state index in [9.17, 15) is 4.39 Å². The summed E-state index contributed by atoms with van der Waals surface area (Å²) >= 11 is 0. The summed E-state index contributed by atoms with van der Waals surface area (Å²) in [7, 11) is 0. The van der Waals surface area contributed by atoms with Crippen molar-refractivity contribution in [1.82, 2.24) is 15.0 Å². The topological polar surface area (TPSA) is 54.5 Å². The lowest BCUT2D eigenvalue weighted by atomic mass is 10.1. The molecule has 0 aliphatic carbocycles. The summed E-state index contributed by atoms with van der Waals surface area (Å²) in [6.07, 6.45) is 1.55. The minimum Gasteiger partial charge on any atom is -0.231 e. The Kier molecular flexibility index (Phi) is 2.42. The number of rotatable bonds is 2. The maximum atomic E-state index is 12.7. The Morgan fingerprint density at radius 2 is 2.07 bits per heavy atom. The van der Waals surface area contributed by atoms with Crippen LogP contribution in [0.4, 0.5) is 4.39 Å². The molecule has 0 amide bonds. The normalized spacial score (nSPS) is 9.87. The fourth-order valence-electron chi connectivity index (χ4n) is 1.29. The van der Waals surface area contributed by atoms with Crippen LogP contribution < -0.4 is 0 Å². The zero-order valence-corrected chi connectivity index (χ0v) is 7.76. The van der Waals surface area contributed by atoms with Gasteiger partial charge in [0.25, 0.3) is 0 Å². The van der Waals surface area contributed by atoms with Crippen molar-refractivity contribution in [1.29, 1.82) is 5.26 Å². The summed E-state index contributed by atoms with van der Waals surface area (Å²) < 4.78 is 14.2. The maximum absolute atomic E-state index is 12.7. The molecule has 74 valence electrons. The molecule has 1 heterocycles. The van der Waals surface area contributed by atoms with Crippen LogP contribution in [0.2, 0.25) is 0 Å². The van der Waals surface area contributed by atoms with Crippen molar-refractivity contribution >= 4 is 0 Å². The van der Waals surface area contributed by atoms with Crippen LogP contribution >= 0.6 is 0 Å². The zero-order valence-electron chi connectivity index (χ0n) is 7.76. The highest BCUT2D eigenvalue weighted by Crippen LogP contribution is 2.17. The van der Waals surface area contributed by atoms with E-state index in [0.29, 0.717) is 5.69 Å². The van der Waals surface area contributed by atoms with Crippen molar-refractivity contribution in [3.63, 3.8) is 0 Å². The Morgan fingerprint density at radius 3 is 2.73 bits per heavy atom. The molecule has 0 atom stereocenters. The van der Waals surface area contributed by atoms with Gasteiger partial charge in [0.05, 0.1) is 18.0 Å². The molecular weight excluding hydrogens is 195 g/mol. The van der Waals surface area contributed by atoms with Crippen LogP contribution in [0.1, 0.15) is 0 Å². The maximum Gasteiger partial charge on any atom is 0.130 e. The van der Waals surface area contributed by atoms with Crippen molar-refractivity contribution in [2.75, 3.05) is 0 Å². The third kappa shape index (κ3) is 1.83. The van der Waals surface area contributed by atoms with Crippen molar-refractivity contribution < 1.29 is 4.39 Å².